The molecule has 0 spiro atoms. The van der Waals surface area contributed by atoms with Gasteiger partial charge in [-0.2, -0.15) is 0 Å². The quantitative estimate of drug-likeness (QED) is 0.879. The molecule has 2 rings (SSSR count). The van der Waals surface area contributed by atoms with E-state index in [1.165, 1.54) is 11.3 Å². The molecule has 0 bridgehead atoms. The van der Waals surface area contributed by atoms with Crippen LogP contribution in [0, 0.1) is 0 Å². The Kier molecular flexibility index (Phi) is 4.05. The van der Waals surface area contributed by atoms with Gasteiger partial charge in [-0.15, -0.1) is 0 Å². The van der Waals surface area contributed by atoms with Crippen molar-refractivity contribution in [2.24, 2.45) is 5.73 Å². The predicted molar refractivity (Wildman–Crippen MR) is 74.7 cm³/mol. The fourth-order valence-electron chi connectivity index (χ4n) is 2.13. The lowest BCUT2D eigenvalue weighted by Gasteiger charge is -2.28. The zero-order valence-corrected chi connectivity index (χ0v) is 11.0. The van der Waals surface area contributed by atoms with Crippen molar-refractivity contribution >= 4 is 5.69 Å². The first kappa shape index (κ1) is 12.7. The van der Waals surface area contributed by atoms with Crippen LogP contribution in [-0.4, -0.2) is 13.6 Å². The maximum Gasteiger partial charge on any atom is 0.0955 e. The second kappa shape index (κ2) is 5.74. The van der Waals surface area contributed by atoms with Crippen LogP contribution in [0.3, 0.4) is 0 Å². The number of hydrogen-bond acceptors (Lipinski definition) is 3. The average molecular weight is 244 g/mol. The molecule has 96 valence electrons. The van der Waals surface area contributed by atoms with Crippen molar-refractivity contribution in [1.82, 2.24) is 0 Å². The van der Waals surface area contributed by atoms with E-state index in [1.807, 2.05) is 6.07 Å². The number of furan rings is 1. The fraction of sp³-hybridized carbons (Fsp3) is 0.333. The molecule has 0 amide bonds. The zero-order chi connectivity index (χ0) is 13.0. The summed E-state index contributed by atoms with van der Waals surface area (Å²) in [6.07, 6.45) is 4.51. The lowest BCUT2D eigenvalue weighted by atomic mass is 10.1. The maximum atomic E-state index is 5.87. The molecule has 1 unspecified atom stereocenters. The van der Waals surface area contributed by atoms with E-state index in [1.54, 1.807) is 12.5 Å². The Hall–Kier alpha value is -1.74. The molecule has 0 fully saturated rings. The van der Waals surface area contributed by atoms with Gasteiger partial charge in [0.05, 0.1) is 18.6 Å². The zero-order valence-electron chi connectivity index (χ0n) is 11.0. The summed E-state index contributed by atoms with van der Waals surface area (Å²) in [5.74, 6) is 0. The highest BCUT2D eigenvalue weighted by Gasteiger charge is 2.16. The number of nitrogens with zero attached hydrogens (tertiary/aromatic N) is 1. The molecule has 3 heteroatoms. The Balaban J connectivity index is 2.20. The molecule has 0 aliphatic carbocycles. The van der Waals surface area contributed by atoms with Crippen LogP contribution in [0.15, 0.2) is 47.3 Å². The molecule has 1 atom stereocenters. The van der Waals surface area contributed by atoms with E-state index in [4.69, 9.17) is 10.2 Å². The van der Waals surface area contributed by atoms with Gasteiger partial charge in [0.25, 0.3) is 0 Å². The summed E-state index contributed by atoms with van der Waals surface area (Å²) in [5, 5.41) is 0. The lowest BCUT2D eigenvalue weighted by molar-refractivity contribution is 0.556. The van der Waals surface area contributed by atoms with Crippen molar-refractivity contribution in [2.75, 3.05) is 18.5 Å². The fourth-order valence-corrected chi connectivity index (χ4v) is 2.13. The molecule has 1 aromatic heterocycles. The third-order valence-electron chi connectivity index (χ3n) is 3.37. The molecule has 0 aliphatic rings. The van der Waals surface area contributed by atoms with Crippen molar-refractivity contribution in [3.63, 3.8) is 0 Å². The molecule has 1 aromatic carbocycles. The number of hydrogen-bond donors (Lipinski definition) is 1. The molecule has 1 heterocycles. The van der Waals surface area contributed by atoms with Crippen LogP contribution in [0.5, 0.6) is 0 Å². The summed E-state index contributed by atoms with van der Waals surface area (Å²) >= 11 is 0. The molecule has 0 radical (unpaired) electrons. The summed E-state index contributed by atoms with van der Waals surface area (Å²) in [6.45, 7) is 2.72. The molecular weight excluding hydrogens is 224 g/mol. The number of likely N-dealkylation sites (N-methyl/N-ethyl adjacent to an activating group) is 1. The Bertz CT molecular complexity index is 462. The molecule has 2 N–H and O–H groups in total. The third kappa shape index (κ3) is 2.57. The van der Waals surface area contributed by atoms with Crippen molar-refractivity contribution in [1.29, 1.82) is 0 Å². The van der Waals surface area contributed by atoms with Crippen LogP contribution in [0.1, 0.15) is 24.1 Å². The summed E-state index contributed by atoms with van der Waals surface area (Å²) in [6, 6.07) is 10.7. The largest absolute Gasteiger partial charge is 0.472 e. The van der Waals surface area contributed by atoms with Crippen molar-refractivity contribution in [3.05, 3.63) is 54.0 Å². The number of aryl methyl sites for hydroxylation is 1. The summed E-state index contributed by atoms with van der Waals surface area (Å²) < 4.78 is 5.14. The van der Waals surface area contributed by atoms with Crippen LogP contribution >= 0.6 is 0 Å². The van der Waals surface area contributed by atoms with E-state index in [-0.39, 0.29) is 6.04 Å². The number of rotatable bonds is 5. The van der Waals surface area contributed by atoms with Gasteiger partial charge in [0, 0.05) is 24.8 Å². The summed E-state index contributed by atoms with van der Waals surface area (Å²) in [5.41, 5.74) is 9.50. The molecule has 2 aromatic rings. The van der Waals surface area contributed by atoms with E-state index in [2.05, 4.69) is 43.1 Å². The van der Waals surface area contributed by atoms with Crippen LogP contribution in [0.4, 0.5) is 5.69 Å². The minimum atomic E-state index is 0.149. The van der Waals surface area contributed by atoms with Gasteiger partial charge in [-0.3, -0.25) is 0 Å². The van der Waals surface area contributed by atoms with Gasteiger partial charge in [-0.05, 0) is 30.2 Å². The minimum Gasteiger partial charge on any atom is -0.472 e. The smallest absolute Gasteiger partial charge is 0.0955 e. The number of anilines is 1. The average Bonchev–Trinajstić information content (AvgIpc) is 2.93. The van der Waals surface area contributed by atoms with Crippen LogP contribution in [-0.2, 0) is 6.42 Å². The molecular formula is C15H20N2O. The normalized spacial score (nSPS) is 12.4. The third-order valence-corrected chi connectivity index (χ3v) is 3.37. The number of benzene rings is 1. The summed E-state index contributed by atoms with van der Waals surface area (Å²) in [7, 11) is 2.06. The first-order chi connectivity index (χ1) is 8.76. The second-order valence-corrected chi connectivity index (χ2v) is 4.44. The first-order valence-corrected chi connectivity index (χ1v) is 6.30. The Morgan fingerprint density at radius 3 is 2.44 bits per heavy atom. The van der Waals surface area contributed by atoms with E-state index in [0.717, 1.165) is 12.0 Å². The highest BCUT2D eigenvalue weighted by atomic mass is 16.3. The van der Waals surface area contributed by atoms with Gasteiger partial charge in [0.2, 0.25) is 0 Å². The topological polar surface area (TPSA) is 42.4 Å². The monoisotopic (exact) mass is 244 g/mol. The maximum absolute atomic E-state index is 5.87. The van der Waals surface area contributed by atoms with E-state index in [9.17, 15) is 0 Å². The van der Waals surface area contributed by atoms with Crippen LogP contribution < -0.4 is 10.6 Å². The minimum absolute atomic E-state index is 0.149. The number of nitrogens with two attached hydrogens (primary N) is 1. The Labute approximate surface area is 108 Å². The highest BCUT2D eigenvalue weighted by Crippen LogP contribution is 2.25. The second-order valence-electron chi connectivity index (χ2n) is 4.44. The van der Waals surface area contributed by atoms with Gasteiger partial charge >= 0.3 is 0 Å². The molecule has 3 nitrogen and oxygen atoms in total. The lowest BCUT2D eigenvalue weighted by Crippen LogP contribution is -2.30. The predicted octanol–water partition coefficient (Wildman–Crippen LogP) is 2.98. The highest BCUT2D eigenvalue weighted by molar-refractivity contribution is 5.49. The molecule has 0 saturated heterocycles. The standard InChI is InChI=1S/C15H20N2O/c1-3-12-4-6-14(7-5-12)17(2)15(10-16)13-8-9-18-11-13/h4-9,11,15H,3,10,16H2,1-2H3. The van der Waals surface area contributed by atoms with Crippen molar-refractivity contribution in [2.45, 2.75) is 19.4 Å². The Morgan fingerprint density at radius 2 is 1.94 bits per heavy atom. The Morgan fingerprint density at radius 1 is 1.22 bits per heavy atom. The van der Waals surface area contributed by atoms with Gasteiger partial charge in [0.15, 0.2) is 0 Å². The van der Waals surface area contributed by atoms with Gasteiger partial charge in [-0.25, -0.2) is 0 Å². The van der Waals surface area contributed by atoms with Crippen LogP contribution in [0.2, 0.25) is 0 Å². The van der Waals surface area contributed by atoms with Crippen molar-refractivity contribution in [3.8, 4) is 0 Å². The van der Waals surface area contributed by atoms with Gasteiger partial charge < -0.3 is 15.1 Å². The van der Waals surface area contributed by atoms with Gasteiger partial charge in [-0.1, -0.05) is 19.1 Å². The van der Waals surface area contributed by atoms with E-state index < -0.39 is 0 Å². The first-order valence-electron chi connectivity index (χ1n) is 6.30. The van der Waals surface area contributed by atoms with Gasteiger partial charge in [0.1, 0.15) is 0 Å². The molecule has 18 heavy (non-hydrogen) atoms. The molecule has 0 aliphatic heterocycles. The summed E-state index contributed by atoms with van der Waals surface area (Å²) in [4.78, 5) is 2.18. The van der Waals surface area contributed by atoms with Crippen LogP contribution in [0.25, 0.3) is 0 Å². The van der Waals surface area contributed by atoms with E-state index >= 15 is 0 Å². The molecule has 0 saturated carbocycles. The SMILES string of the molecule is CCc1ccc(N(C)C(CN)c2ccoc2)cc1. The van der Waals surface area contributed by atoms with E-state index in [0.29, 0.717) is 6.54 Å². The van der Waals surface area contributed by atoms with Crippen molar-refractivity contribution < 1.29 is 4.42 Å².